The molecule has 2 unspecified atom stereocenters. The molecule has 0 heterocycles. The summed E-state index contributed by atoms with van der Waals surface area (Å²) in [4.78, 5) is 20.4. The second-order valence-corrected chi connectivity index (χ2v) is 6.64. The normalized spacial score (nSPS) is 21.9. The van der Waals surface area contributed by atoms with Gasteiger partial charge in [-0.2, -0.15) is 0 Å². The molecule has 2 rings (SSSR count). The van der Waals surface area contributed by atoms with E-state index in [2.05, 4.69) is 4.90 Å². The zero-order valence-corrected chi connectivity index (χ0v) is 14.7. The predicted octanol–water partition coefficient (Wildman–Crippen LogP) is 3.87. The summed E-state index contributed by atoms with van der Waals surface area (Å²) in [6.45, 7) is 0. The lowest BCUT2D eigenvalue weighted by Crippen LogP contribution is -2.52. The van der Waals surface area contributed by atoms with Crippen LogP contribution in [0, 0.1) is 0 Å². The van der Waals surface area contributed by atoms with E-state index in [0.29, 0.717) is 21.7 Å². The van der Waals surface area contributed by atoms with Gasteiger partial charge in [-0.1, -0.05) is 36.0 Å². The van der Waals surface area contributed by atoms with E-state index in [1.807, 2.05) is 14.1 Å². The molecule has 1 aromatic carbocycles. The number of halogens is 2. The first kappa shape index (κ1) is 17.5. The Morgan fingerprint density at radius 2 is 1.77 bits per heavy atom. The summed E-state index contributed by atoms with van der Waals surface area (Å²) in [5.74, 6) is -0.181. The number of hydrogen-bond donors (Lipinski definition) is 0. The lowest BCUT2D eigenvalue weighted by Gasteiger charge is -2.41. The minimum atomic E-state index is -0.181. The summed E-state index contributed by atoms with van der Waals surface area (Å²) in [5, 5.41) is 2.30. The summed E-state index contributed by atoms with van der Waals surface area (Å²) in [7, 11) is 5.62. The third-order valence-electron chi connectivity index (χ3n) is 4.22. The van der Waals surface area contributed by atoms with Crippen molar-refractivity contribution in [2.75, 3.05) is 21.2 Å². The lowest BCUT2D eigenvalue weighted by atomic mass is 9.89. The quantitative estimate of drug-likeness (QED) is 0.777. The minimum absolute atomic E-state index is 0.0377. The minimum Gasteiger partial charge on any atom is -0.304 e. The lowest BCUT2D eigenvalue weighted by molar-refractivity contribution is -0.144. The van der Waals surface area contributed by atoms with Crippen LogP contribution < -0.4 is 0 Å². The van der Waals surface area contributed by atoms with Crippen molar-refractivity contribution in [1.82, 2.24) is 9.96 Å². The van der Waals surface area contributed by atoms with Crippen LogP contribution >= 0.6 is 23.2 Å². The van der Waals surface area contributed by atoms with Gasteiger partial charge in [-0.25, -0.2) is 5.06 Å². The van der Waals surface area contributed by atoms with Crippen LogP contribution in [0.1, 0.15) is 36.0 Å². The number of likely N-dealkylation sites (N-methyl/N-ethyl adjacent to an activating group) is 1. The van der Waals surface area contributed by atoms with Crippen LogP contribution in [-0.2, 0) is 4.84 Å². The van der Waals surface area contributed by atoms with Gasteiger partial charge in [0.15, 0.2) is 0 Å². The van der Waals surface area contributed by atoms with Gasteiger partial charge < -0.3 is 4.90 Å². The Morgan fingerprint density at radius 1 is 1.14 bits per heavy atom. The van der Waals surface area contributed by atoms with Crippen LogP contribution in [-0.4, -0.2) is 49.2 Å². The van der Waals surface area contributed by atoms with E-state index < -0.39 is 0 Å². The Hall–Kier alpha value is -0.810. The van der Waals surface area contributed by atoms with E-state index >= 15 is 0 Å². The van der Waals surface area contributed by atoms with Crippen molar-refractivity contribution < 1.29 is 9.63 Å². The molecule has 1 aliphatic rings. The number of hydrogen-bond acceptors (Lipinski definition) is 3. The van der Waals surface area contributed by atoms with Crippen LogP contribution in [0.4, 0.5) is 0 Å². The highest BCUT2D eigenvalue weighted by atomic mass is 35.5. The summed E-state index contributed by atoms with van der Waals surface area (Å²) in [6, 6.07) is 5.23. The number of amides is 1. The highest BCUT2D eigenvalue weighted by Gasteiger charge is 2.35. The van der Waals surface area contributed by atoms with Crippen molar-refractivity contribution in [3.63, 3.8) is 0 Å². The molecular weight excluding hydrogens is 323 g/mol. The predicted molar refractivity (Wildman–Crippen MR) is 89.4 cm³/mol. The Morgan fingerprint density at radius 3 is 2.32 bits per heavy atom. The SMILES string of the molecule is CON(C(=O)c1ccc(Cl)c(Cl)c1)C1CCCCC1N(C)C. The zero-order chi connectivity index (χ0) is 16.3. The third kappa shape index (κ3) is 3.74. The first-order valence-electron chi connectivity index (χ1n) is 7.45. The molecule has 0 saturated heterocycles. The van der Waals surface area contributed by atoms with Crippen molar-refractivity contribution >= 4 is 29.1 Å². The number of nitrogens with zero attached hydrogens (tertiary/aromatic N) is 2. The molecule has 1 fully saturated rings. The van der Waals surface area contributed by atoms with E-state index in [-0.39, 0.29) is 11.9 Å². The van der Waals surface area contributed by atoms with Crippen molar-refractivity contribution in [1.29, 1.82) is 0 Å². The fraction of sp³-hybridized carbons (Fsp3) is 0.562. The van der Waals surface area contributed by atoms with E-state index in [0.717, 1.165) is 19.3 Å². The van der Waals surface area contributed by atoms with Crippen molar-refractivity contribution in [2.24, 2.45) is 0 Å². The van der Waals surface area contributed by atoms with Crippen LogP contribution in [0.5, 0.6) is 0 Å². The fourth-order valence-electron chi connectivity index (χ4n) is 3.09. The largest absolute Gasteiger partial charge is 0.304 e. The summed E-state index contributed by atoms with van der Waals surface area (Å²) in [6.07, 6.45) is 4.28. The molecule has 0 aromatic heterocycles. The van der Waals surface area contributed by atoms with Crippen LogP contribution in [0.2, 0.25) is 10.0 Å². The number of benzene rings is 1. The Bertz CT molecular complexity index is 537. The van der Waals surface area contributed by atoms with E-state index in [4.69, 9.17) is 28.0 Å². The maximum Gasteiger partial charge on any atom is 0.277 e. The molecule has 0 radical (unpaired) electrons. The molecule has 122 valence electrons. The second kappa shape index (κ2) is 7.64. The molecule has 2 atom stereocenters. The number of carbonyl (C=O) groups excluding carboxylic acids is 1. The van der Waals surface area contributed by atoms with Gasteiger partial charge in [0.1, 0.15) is 0 Å². The number of hydroxylamine groups is 2. The molecule has 1 aliphatic carbocycles. The van der Waals surface area contributed by atoms with Crippen LogP contribution in [0.3, 0.4) is 0 Å². The summed E-state index contributed by atoms with van der Waals surface area (Å²) in [5.41, 5.74) is 0.485. The highest BCUT2D eigenvalue weighted by Crippen LogP contribution is 2.29. The number of carbonyl (C=O) groups is 1. The Kier molecular flexibility index (Phi) is 6.09. The van der Waals surface area contributed by atoms with Gasteiger partial charge in [0.05, 0.1) is 23.2 Å². The van der Waals surface area contributed by atoms with E-state index in [1.165, 1.54) is 18.6 Å². The van der Waals surface area contributed by atoms with Gasteiger partial charge in [0.25, 0.3) is 5.91 Å². The van der Waals surface area contributed by atoms with E-state index in [1.54, 1.807) is 18.2 Å². The van der Waals surface area contributed by atoms with Crippen LogP contribution in [0.25, 0.3) is 0 Å². The second-order valence-electron chi connectivity index (χ2n) is 5.83. The van der Waals surface area contributed by atoms with Gasteiger partial charge >= 0.3 is 0 Å². The third-order valence-corrected chi connectivity index (χ3v) is 4.96. The van der Waals surface area contributed by atoms with Gasteiger partial charge in [-0.3, -0.25) is 9.63 Å². The zero-order valence-electron chi connectivity index (χ0n) is 13.2. The first-order valence-corrected chi connectivity index (χ1v) is 8.20. The number of rotatable bonds is 4. The Balaban J connectivity index is 2.25. The molecule has 22 heavy (non-hydrogen) atoms. The van der Waals surface area contributed by atoms with Gasteiger partial charge in [0, 0.05) is 11.6 Å². The van der Waals surface area contributed by atoms with Crippen LogP contribution in [0.15, 0.2) is 18.2 Å². The smallest absolute Gasteiger partial charge is 0.277 e. The average Bonchev–Trinajstić information content (AvgIpc) is 2.51. The first-order chi connectivity index (χ1) is 10.5. The van der Waals surface area contributed by atoms with Gasteiger partial charge in [-0.15, -0.1) is 0 Å². The van der Waals surface area contributed by atoms with Gasteiger partial charge in [0.2, 0.25) is 0 Å². The molecule has 0 spiro atoms. The molecule has 0 N–H and O–H groups in total. The van der Waals surface area contributed by atoms with Crippen molar-refractivity contribution in [3.8, 4) is 0 Å². The standard InChI is InChI=1S/C16H22Cl2N2O2/c1-19(2)14-6-4-5-7-15(14)20(22-3)16(21)11-8-9-12(17)13(18)10-11/h8-10,14-15H,4-7H2,1-3H3. The topological polar surface area (TPSA) is 32.8 Å². The molecular formula is C16H22Cl2N2O2. The molecule has 1 amide bonds. The monoisotopic (exact) mass is 344 g/mol. The molecule has 0 aliphatic heterocycles. The van der Waals surface area contributed by atoms with Gasteiger partial charge in [-0.05, 0) is 45.1 Å². The molecule has 1 saturated carbocycles. The average molecular weight is 345 g/mol. The van der Waals surface area contributed by atoms with Crippen molar-refractivity contribution in [3.05, 3.63) is 33.8 Å². The van der Waals surface area contributed by atoms with Crippen molar-refractivity contribution in [2.45, 2.75) is 37.8 Å². The summed E-state index contributed by atoms with van der Waals surface area (Å²) < 4.78 is 0. The molecule has 4 nitrogen and oxygen atoms in total. The highest BCUT2D eigenvalue weighted by molar-refractivity contribution is 6.42. The molecule has 6 heteroatoms. The Labute approximate surface area is 141 Å². The molecule has 1 aromatic rings. The van der Waals surface area contributed by atoms with E-state index in [9.17, 15) is 4.79 Å². The summed E-state index contributed by atoms with van der Waals surface area (Å²) >= 11 is 11.9. The maximum absolute atomic E-state index is 12.8. The molecule has 0 bridgehead atoms. The maximum atomic E-state index is 12.8. The fourth-order valence-corrected chi connectivity index (χ4v) is 3.39.